The Bertz CT molecular complexity index is 3340. The first-order valence-electron chi connectivity index (χ1n) is 22.1. The number of H-pyrrole nitrogens is 1. The second-order valence-corrected chi connectivity index (χ2v) is 17.6. The molecule has 8 bridgehead atoms. The standard InChI is InChI=1S/C56H50N8O4/c1-61(2)53(65)37-17-9-33(10-18-37)49-41-25-27-43(57-41)50(34-11-19-38(20-12-34)54(66)62(3)4)45-29-31-47(59-45)52(36-15-23-40(24-16-36)56(68)64(7)8)48-32-30-46(60-48)51(44-28-26-42(49)58-44)35-13-21-39(22-14-35)55(67)63(5)6/h9-32,57,65H,1-8H3. The summed E-state index contributed by atoms with van der Waals surface area (Å²) in [6.45, 7) is 0. The van der Waals surface area contributed by atoms with E-state index in [1.807, 2.05) is 146 Å². The lowest BCUT2D eigenvalue weighted by Gasteiger charge is -2.14. The van der Waals surface area contributed by atoms with E-state index >= 15 is 0 Å². The highest BCUT2D eigenvalue weighted by Gasteiger charge is 2.27. The zero-order valence-electron chi connectivity index (χ0n) is 39.2. The first kappa shape index (κ1) is 44.6. The predicted molar refractivity (Wildman–Crippen MR) is 272 cm³/mol. The highest BCUT2D eigenvalue weighted by molar-refractivity contribution is 6.37. The van der Waals surface area contributed by atoms with E-state index in [2.05, 4.69) is 4.98 Å². The second kappa shape index (κ2) is 18.0. The van der Waals surface area contributed by atoms with Gasteiger partial charge >= 0.3 is 0 Å². The number of fused-ring (bicyclic) bond motifs is 5. The molecule has 68 heavy (non-hydrogen) atoms. The van der Waals surface area contributed by atoms with E-state index in [1.54, 1.807) is 76.0 Å². The summed E-state index contributed by atoms with van der Waals surface area (Å²) in [4.78, 5) is 65.2. The number of nitrogens with zero attached hydrogens (tertiary/aromatic N) is 7. The minimum absolute atomic E-state index is 0.102. The first-order valence-corrected chi connectivity index (χ1v) is 22.1. The van der Waals surface area contributed by atoms with Gasteiger partial charge in [-0.1, -0.05) is 48.5 Å². The molecule has 5 heterocycles. The van der Waals surface area contributed by atoms with Crippen molar-refractivity contribution < 1.29 is 19.5 Å². The van der Waals surface area contributed by atoms with E-state index in [-0.39, 0.29) is 23.6 Å². The summed E-state index contributed by atoms with van der Waals surface area (Å²) in [6.07, 6.45) is 11.9. The summed E-state index contributed by atoms with van der Waals surface area (Å²) >= 11 is 0. The second-order valence-electron chi connectivity index (χ2n) is 17.6. The van der Waals surface area contributed by atoms with Gasteiger partial charge in [-0.15, -0.1) is 0 Å². The van der Waals surface area contributed by atoms with Crippen molar-refractivity contribution in [2.24, 2.45) is 15.0 Å². The number of rotatable bonds is 7. The molecule has 1 aromatic heterocycles. The van der Waals surface area contributed by atoms with Crippen LogP contribution in [0.25, 0.3) is 28.2 Å². The molecule has 0 aliphatic carbocycles. The molecule has 4 aromatic carbocycles. The minimum Gasteiger partial charge on any atom is -0.494 e. The number of carbonyl (C=O) groups is 3. The Labute approximate surface area is 395 Å². The van der Waals surface area contributed by atoms with Crippen molar-refractivity contribution >= 4 is 63.0 Å². The van der Waals surface area contributed by atoms with Gasteiger partial charge in [0.1, 0.15) is 0 Å². The van der Waals surface area contributed by atoms with Gasteiger partial charge in [0.25, 0.3) is 17.7 Å². The van der Waals surface area contributed by atoms with Crippen LogP contribution in [0.1, 0.15) is 59.2 Å². The van der Waals surface area contributed by atoms with E-state index in [0.717, 1.165) is 55.6 Å². The maximum atomic E-state index is 13.0. The fraction of sp³-hybridized carbons (Fsp3) is 0.143. The number of aliphatic hydroxyl groups is 1. The first-order chi connectivity index (χ1) is 32.7. The molecule has 4 aliphatic heterocycles. The number of carbonyl (C=O) groups excluding carboxylic acids is 3. The molecule has 4 aliphatic rings. The monoisotopic (exact) mass is 898 g/mol. The Balaban J connectivity index is 1.34. The van der Waals surface area contributed by atoms with Crippen LogP contribution in [0.2, 0.25) is 0 Å². The van der Waals surface area contributed by atoms with Crippen LogP contribution < -0.4 is 10.4 Å². The van der Waals surface area contributed by atoms with E-state index in [0.29, 0.717) is 56.1 Å². The Kier molecular flexibility index (Phi) is 11.8. The molecule has 12 heteroatoms. The molecule has 3 amide bonds. The zero-order valence-corrected chi connectivity index (χ0v) is 39.2. The van der Waals surface area contributed by atoms with Gasteiger partial charge in [0.2, 0.25) is 0 Å². The normalized spacial score (nSPS) is 14.9. The van der Waals surface area contributed by atoms with Crippen molar-refractivity contribution in [1.82, 2.24) is 24.6 Å². The number of aliphatic imine (C=N–C) groups is 3. The van der Waals surface area contributed by atoms with Crippen molar-refractivity contribution in [3.63, 3.8) is 0 Å². The summed E-state index contributed by atoms with van der Waals surface area (Å²) in [5, 5.41) is 12.4. The average Bonchev–Trinajstić information content (AvgIpc) is 4.20. The van der Waals surface area contributed by atoms with Crippen molar-refractivity contribution in [3.8, 4) is 0 Å². The van der Waals surface area contributed by atoms with Crippen LogP contribution in [0.3, 0.4) is 0 Å². The smallest absolute Gasteiger partial charge is 0.253 e. The maximum absolute atomic E-state index is 13.0. The third-order valence-corrected chi connectivity index (χ3v) is 12.0. The summed E-state index contributed by atoms with van der Waals surface area (Å²) in [7, 11) is 14.0. The minimum atomic E-state index is -0.108. The van der Waals surface area contributed by atoms with Crippen molar-refractivity contribution in [2.45, 2.75) is 0 Å². The van der Waals surface area contributed by atoms with Crippen LogP contribution >= 0.6 is 0 Å². The van der Waals surface area contributed by atoms with Gasteiger partial charge in [-0.3, -0.25) is 14.4 Å². The van der Waals surface area contributed by atoms with Gasteiger partial charge in [-0.2, -0.15) is 0 Å². The van der Waals surface area contributed by atoms with Crippen LogP contribution in [0, 0.1) is 0 Å². The molecule has 12 nitrogen and oxygen atoms in total. The van der Waals surface area contributed by atoms with Gasteiger partial charge in [-0.25, -0.2) is 15.0 Å². The quantitative estimate of drug-likeness (QED) is 0.179. The molecule has 0 spiro atoms. The Morgan fingerprint density at radius 3 is 1.10 bits per heavy atom. The van der Waals surface area contributed by atoms with E-state index < -0.39 is 0 Å². The molecule has 0 saturated heterocycles. The van der Waals surface area contributed by atoms with Crippen molar-refractivity contribution in [1.29, 1.82) is 0 Å². The highest BCUT2D eigenvalue weighted by Crippen LogP contribution is 2.38. The molecular formula is C56H50N8O4. The van der Waals surface area contributed by atoms with Crippen LogP contribution in [-0.4, -0.2) is 121 Å². The van der Waals surface area contributed by atoms with E-state index in [1.165, 1.54) is 0 Å². The largest absolute Gasteiger partial charge is 0.494 e. The third kappa shape index (κ3) is 8.39. The van der Waals surface area contributed by atoms with Gasteiger partial charge in [0.15, 0.2) is 5.88 Å². The number of amides is 3. The molecule has 2 N–H and O–H groups in total. The Morgan fingerprint density at radius 1 is 0.397 bits per heavy atom. The number of allylic oxidation sites excluding steroid dienone is 8. The predicted octanol–water partition coefficient (Wildman–Crippen LogP) is 7.13. The number of nitrogens with one attached hydrogen (secondary N) is 1. The number of aromatic nitrogens is 1. The number of hydrogen-bond acceptors (Lipinski definition) is 8. The van der Waals surface area contributed by atoms with Crippen LogP contribution in [0.5, 0.6) is 0 Å². The molecule has 338 valence electrons. The average molecular weight is 899 g/mol. The highest BCUT2D eigenvalue weighted by atomic mass is 16.3. The van der Waals surface area contributed by atoms with Crippen LogP contribution in [-0.2, 0) is 0 Å². The summed E-state index contributed by atoms with van der Waals surface area (Å²) < 4.78 is 0. The molecule has 0 saturated carbocycles. The molecule has 0 fully saturated rings. The van der Waals surface area contributed by atoms with Gasteiger partial charge in [0, 0.05) is 112 Å². The lowest BCUT2D eigenvalue weighted by Crippen LogP contribution is -2.21. The number of benzene rings is 4. The molecule has 0 radical (unpaired) electrons. The summed E-state index contributed by atoms with van der Waals surface area (Å²) in [6, 6.07) is 34.3. The fourth-order valence-corrected chi connectivity index (χ4v) is 8.50. The van der Waals surface area contributed by atoms with Crippen molar-refractivity contribution in [3.05, 3.63) is 218 Å². The van der Waals surface area contributed by atoms with Crippen LogP contribution in [0.15, 0.2) is 178 Å². The topological polar surface area (TPSA) is 137 Å². The molecule has 0 atom stereocenters. The lowest BCUT2D eigenvalue weighted by molar-refractivity contribution is 0.0820. The van der Waals surface area contributed by atoms with Gasteiger partial charge in [0.05, 0.1) is 34.2 Å². The number of aromatic amines is 1. The molecule has 5 aromatic rings. The number of aliphatic hydroxyl groups excluding tert-OH is 1. The molecule has 0 unspecified atom stereocenters. The molecule has 9 rings (SSSR count). The van der Waals surface area contributed by atoms with E-state index in [9.17, 15) is 19.5 Å². The third-order valence-electron chi connectivity index (χ3n) is 12.0. The summed E-state index contributed by atoms with van der Waals surface area (Å²) in [5.74, 6) is -0.172. The van der Waals surface area contributed by atoms with Crippen LogP contribution in [0.4, 0.5) is 0 Å². The zero-order chi connectivity index (χ0) is 48.0. The molecular weight excluding hydrogens is 849 g/mol. The fourth-order valence-electron chi connectivity index (χ4n) is 8.50. The maximum Gasteiger partial charge on any atom is 0.253 e. The van der Waals surface area contributed by atoms with Crippen molar-refractivity contribution in [2.75, 3.05) is 56.4 Å². The van der Waals surface area contributed by atoms with Gasteiger partial charge < -0.3 is 29.7 Å². The van der Waals surface area contributed by atoms with Gasteiger partial charge in [-0.05, 0) is 119 Å². The Hall–Kier alpha value is -8.64. The van der Waals surface area contributed by atoms with E-state index in [4.69, 9.17) is 15.0 Å². The lowest BCUT2D eigenvalue weighted by atomic mass is 9.97. The number of hydrogen-bond donors (Lipinski definition) is 2. The Morgan fingerprint density at radius 2 is 0.735 bits per heavy atom. The summed E-state index contributed by atoms with van der Waals surface area (Å²) in [5.41, 5.74) is 12.9. The SMILES string of the molecule is CN(C)C(=O)c1ccc(C2=C3C=CC(=N3)C(c3ccc(C(=O)N(C)C)cc3)=C3C=CC(=N3)C(=c3ccc(=C(O)N(C)C)cc3)c3ccc([nH]3)C(c3ccc(C(=O)N(C)C)cc3)=C3C=CC2=N3)cc1.